The molecular formula is C17H26N2O2. The first-order valence-corrected chi connectivity index (χ1v) is 7.76. The normalized spacial score (nSPS) is 22.4. The fourth-order valence-electron chi connectivity index (χ4n) is 2.86. The van der Waals surface area contributed by atoms with Crippen LogP contribution in [0.4, 0.5) is 0 Å². The lowest BCUT2D eigenvalue weighted by Gasteiger charge is -2.36. The molecule has 1 fully saturated rings. The molecule has 0 spiro atoms. The molecule has 0 aromatic heterocycles. The third kappa shape index (κ3) is 4.46. The molecule has 0 bridgehead atoms. The molecule has 1 amide bonds. The van der Waals surface area contributed by atoms with E-state index in [1.54, 1.807) is 0 Å². The summed E-state index contributed by atoms with van der Waals surface area (Å²) in [5.74, 6) is 1.00. The minimum absolute atomic E-state index is 0.138. The second-order valence-corrected chi connectivity index (χ2v) is 6.21. The highest BCUT2D eigenvalue weighted by Crippen LogP contribution is 2.19. The van der Waals surface area contributed by atoms with Gasteiger partial charge >= 0.3 is 0 Å². The van der Waals surface area contributed by atoms with Gasteiger partial charge in [0.25, 0.3) is 0 Å². The van der Waals surface area contributed by atoms with Crippen molar-refractivity contribution in [2.24, 2.45) is 5.73 Å². The van der Waals surface area contributed by atoms with Gasteiger partial charge < -0.3 is 15.4 Å². The van der Waals surface area contributed by atoms with Crippen LogP contribution in [0.1, 0.15) is 39.2 Å². The number of piperidine rings is 1. The molecule has 1 aliphatic rings. The van der Waals surface area contributed by atoms with Crippen molar-refractivity contribution in [1.29, 1.82) is 0 Å². The van der Waals surface area contributed by atoms with Gasteiger partial charge in [-0.2, -0.15) is 0 Å². The number of carbonyl (C=O) groups is 1. The van der Waals surface area contributed by atoms with Gasteiger partial charge in [0, 0.05) is 18.6 Å². The molecule has 0 radical (unpaired) electrons. The largest absolute Gasteiger partial charge is 0.491 e. The van der Waals surface area contributed by atoms with Gasteiger partial charge in [0.1, 0.15) is 5.75 Å². The van der Waals surface area contributed by atoms with E-state index < -0.39 is 0 Å². The van der Waals surface area contributed by atoms with Gasteiger partial charge in [-0.1, -0.05) is 12.1 Å². The maximum atomic E-state index is 12.5. The maximum Gasteiger partial charge on any atom is 0.227 e. The number of nitrogens with zero attached hydrogens (tertiary/aromatic N) is 1. The summed E-state index contributed by atoms with van der Waals surface area (Å²) in [4.78, 5) is 14.4. The molecule has 1 heterocycles. The smallest absolute Gasteiger partial charge is 0.227 e. The van der Waals surface area contributed by atoms with Crippen LogP contribution in [-0.4, -0.2) is 35.5 Å². The first-order valence-electron chi connectivity index (χ1n) is 7.76. The van der Waals surface area contributed by atoms with Gasteiger partial charge in [0.05, 0.1) is 12.5 Å². The summed E-state index contributed by atoms with van der Waals surface area (Å²) in [7, 11) is 0. The minimum Gasteiger partial charge on any atom is -0.491 e. The molecule has 1 aromatic carbocycles. The Labute approximate surface area is 127 Å². The molecule has 21 heavy (non-hydrogen) atoms. The second-order valence-electron chi connectivity index (χ2n) is 6.21. The van der Waals surface area contributed by atoms with Crippen molar-refractivity contribution in [1.82, 2.24) is 4.90 Å². The summed E-state index contributed by atoms with van der Waals surface area (Å²) in [5, 5.41) is 0. The van der Waals surface area contributed by atoms with E-state index >= 15 is 0 Å². The molecule has 2 N–H and O–H groups in total. The molecule has 2 atom stereocenters. The van der Waals surface area contributed by atoms with Crippen molar-refractivity contribution in [3.63, 3.8) is 0 Å². The topological polar surface area (TPSA) is 55.6 Å². The molecule has 2 rings (SSSR count). The first kappa shape index (κ1) is 15.8. The van der Waals surface area contributed by atoms with Crippen molar-refractivity contribution in [2.45, 2.75) is 58.2 Å². The first-order chi connectivity index (χ1) is 9.95. The molecule has 1 aromatic rings. The molecule has 4 heteroatoms. The van der Waals surface area contributed by atoms with E-state index in [4.69, 9.17) is 10.5 Å². The number of hydrogen-bond donors (Lipinski definition) is 1. The summed E-state index contributed by atoms with van der Waals surface area (Å²) in [6, 6.07) is 8.26. The van der Waals surface area contributed by atoms with Crippen molar-refractivity contribution < 1.29 is 9.53 Å². The Balaban J connectivity index is 1.99. The van der Waals surface area contributed by atoms with E-state index in [-0.39, 0.29) is 24.1 Å². The van der Waals surface area contributed by atoms with Crippen molar-refractivity contribution in [2.75, 3.05) is 6.54 Å². The van der Waals surface area contributed by atoms with E-state index in [1.165, 1.54) is 0 Å². The van der Waals surface area contributed by atoms with Crippen LogP contribution in [0.25, 0.3) is 0 Å². The fourth-order valence-corrected chi connectivity index (χ4v) is 2.86. The zero-order chi connectivity index (χ0) is 15.4. The number of benzene rings is 1. The number of carbonyl (C=O) groups excluding carboxylic acids is 1. The Morgan fingerprint density at radius 1 is 1.48 bits per heavy atom. The Kier molecular flexibility index (Phi) is 5.23. The fraction of sp³-hybridized carbons (Fsp3) is 0.588. The summed E-state index contributed by atoms with van der Waals surface area (Å²) < 4.78 is 5.68. The van der Waals surface area contributed by atoms with E-state index in [9.17, 15) is 4.79 Å². The van der Waals surface area contributed by atoms with Crippen LogP contribution in [-0.2, 0) is 11.2 Å². The molecular weight excluding hydrogens is 264 g/mol. The maximum absolute atomic E-state index is 12.5. The summed E-state index contributed by atoms with van der Waals surface area (Å²) in [6.45, 7) is 6.84. The number of rotatable bonds is 4. The highest BCUT2D eigenvalue weighted by Gasteiger charge is 2.26. The van der Waals surface area contributed by atoms with Crippen LogP contribution >= 0.6 is 0 Å². The zero-order valence-corrected chi connectivity index (χ0v) is 13.2. The predicted molar refractivity (Wildman–Crippen MR) is 84.3 cm³/mol. The lowest BCUT2D eigenvalue weighted by atomic mass is 9.98. The molecule has 116 valence electrons. The SMILES string of the molecule is CC(C)Oc1cccc(CC(=O)N2CC[C@@H](N)C[C@H]2C)c1. The van der Waals surface area contributed by atoms with E-state index in [1.807, 2.05) is 43.0 Å². The van der Waals surface area contributed by atoms with E-state index in [2.05, 4.69) is 6.92 Å². The Hall–Kier alpha value is -1.55. The lowest BCUT2D eigenvalue weighted by molar-refractivity contribution is -0.133. The van der Waals surface area contributed by atoms with E-state index in [0.29, 0.717) is 6.42 Å². The highest BCUT2D eigenvalue weighted by atomic mass is 16.5. The van der Waals surface area contributed by atoms with Crippen LogP contribution in [0.5, 0.6) is 5.75 Å². The van der Waals surface area contributed by atoms with Gasteiger partial charge in [-0.3, -0.25) is 4.79 Å². The molecule has 1 aliphatic heterocycles. The van der Waals surface area contributed by atoms with Crippen LogP contribution in [0, 0.1) is 0 Å². The average Bonchev–Trinajstić information content (AvgIpc) is 2.37. The lowest BCUT2D eigenvalue weighted by Crippen LogP contribution is -2.48. The number of nitrogens with two attached hydrogens (primary N) is 1. The van der Waals surface area contributed by atoms with Crippen LogP contribution in [0.2, 0.25) is 0 Å². The molecule has 0 unspecified atom stereocenters. The van der Waals surface area contributed by atoms with Gasteiger partial charge in [-0.25, -0.2) is 0 Å². The average molecular weight is 290 g/mol. The van der Waals surface area contributed by atoms with Gasteiger partial charge in [0.15, 0.2) is 0 Å². The standard InChI is InChI=1S/C17H26N2O2/c1-12(2)21-16-6-4-5-14(10-16)11-17(20)19-8-7-15(18)9-13(19)3/h4-6,10,12-13,15H,7-9,11,18H2,1-3H3/t13-,15-/m1/s1. The van der Waals surface area contributed by atoms with Crippen LogP contribution < -0.4 is 10.5 Å². The Morgan fingerprint density at radius 3 is 2.90 bits per heavy atom. The van der Waals surface area contributed by atoms with Crippen LogP contribution in [0.15, 0.2) is 24.3 Å². The van der Waals surface area contributed by atoms with Crippen molar-refractivity contribution in [3.8, 4) is 5.75 Å². The minimum atomic E-state index is 0.138. The molecule has 0 aliphatic carbocycles. The number of hydrogen-bond acceptors (Lipinski definition) is 3. The quantitative estimate of drug-likeness (QED) is 0.926. The Morgan fingerprint density at radius 2 is 2.24 bits per heavy atom. The van der Waals surface area contributed by atoms with Crippen molar-refractivity contribution in [3.05, 3.63) is 29.8 Å². The Bertz CT molecular complexity index is 487. The summed E-state index contributed by atoms with van der Waals surface area (Å²) >= 11 is 0. The van der Waals surface area contributed by atoms with Gasteiger partial charge in [-0.05, 0) is 51.3 Å². The second kappa shape index (κ2) is 6.94. The van der Waals surface area contributed by atoms with Crippen molar-refractivity contribution >= 4 is 5.91 Å². The van der Waals surface area contributed by atoms with Gasteiger partial charge in [0.2, 0.25) is 5.91 Å². The number of ether oxygens (including phenoxy) is 1. The molecule has 0 saturated carbocycles. The molecule has 1 saturated heterocycles. The third-order valence-corrected chi connectivity index (χ3v) is 3.86. The van der Waals surface area contributed by atoms with E-state index in [0.717, 1.165) is 30.7 Å². The monoisotopic (exact) mass is 290 g/mol. The summed E-state index contributed by atoms with van der Waals surface area (Å²) in [6.07, 6.45) is 2.35. The predicted octanol–water partition coefficient (Wildman–Crippen LogP) is 2.35. The highest BCUT2D eigenvalue weighted by molar-refractivity contribution is 5.79. The number of amides is 1. The van der Waals surface area contributed by atoms with Gasteiger partial charge in [-0.15, -0.1) is 0 Å². The zero-order valence-electron chi connectivity index (χ0n) is 13.2. The summed E-state index contributed by atoms with van der Waals surface area (Å²) in [5.41, 5.74) is 6.95. The van der Waals surface area contributed by atoms with Crippen LogP contribution in [0.3, 0.4) is 0 Å². The number of likely N-dealkylation sites (tertiary alicyclic amines) is 1. The molecule has 4 nitrogen and oxygen atoms in total. The third-order valence-electron chi connectivity index (χ3n) is 3.86.